The summed E-state index contributed by atoms with van der Waals surface area (Å²) in [4.78, 5) is 9.61. The van der Waals surface area contributed by atoms with E-state index in [2.05, 4.69) is 12.3 Å². The normalized spacial score (nSPS) is 29.0. The molecule has 2 aliphatic rings. The molecule has 0 saturated heterocycles. The number of hydrogen-bond donors (Lipinski definition) is 2. The zero-order valence-electron chi connectivity index (χ0n) is 13.1. The summed E-state index contributed by atoms with van der Waals surface area (Å²) in [5.74, 6) is 8.08. The number of methoxy groups -OCH3 is 1. The Bertz CT molecular complexity index is 492. The van der Waals surface area contributed by atoms with Gasteiger partial charge in [-0.05, 0) is 57.3 Å². The molecule has 3 N–H and O–H groups in total. The summed E-state index contributed by atoms with van der Waals surface area (Å²) in [5.41, 5.74) is 4.81. The number of aryl methyl sites for hydroxylation is 1. The van der Waals surface area contributed by atoms with E-state index in [1.165, 1.54) is 31.2 Å². The first-order valence-electron chi connectivity index (χ1n) is 8.10. The average Bonchev–Trinajstić information content (AvgIpc) is 2.55. The van der Waals surface area contributed by atoms with E-state index >= 15 is 0 Å². The number of nitrogens with one attached hydrogen (secondary N) is 1. The van der Waals surface area contributed by atoms with Crippen LogP contribution in [0.15, 0.2) is 0 Å². The molecule has 0 amide bonds. The fourth-order valence-electron chi connectivity index (χ4n) is 3.66. The molecule has 0 bridgehead atoms. The molecule has 0 atom stereocenters. The molecule has 2 aliphatic carbocycles. The molecule has 1 fully saturated rings. The van der Waals surface area contributed by atoms with Crippen LogP contribution in [0.2, 0.25) is 0 Å². The molecule has 5 nitrogen and oxygen atoms in total. The molecular weight excluding hydrogens is 264 g/mol. The highest BCUT2D eigenvalue weighted by atomic mass is 16.5. The molecular formula is C16H26N4O. The van der Waals surface area contributed by atoms with Gasteiger partial charge in [0.05, 0.1) is 0 Å². The van der Waals surface area contributed by atoms with Gasteiger partial charge in [0.2, 0.25) is 0 Å². The zero-order valence-corrected chi connectivity index (χ0v) is 13.1. The van der Waals surface area contributed by atoms with Crippen molar-refractivity contribution in [3.8, 4) is 0 Å². The number of nitrogens with two attached hydrogens (primary N) is 1. The third-order valence-corrected chi connectivity index (χ3v) is 5.20. The first kappa shape index (κ1) is 14.7. The highest BCUT2D eigenvalue weighted by molar-refractivity contribution is 5.47. The summed E-state index contributed by atoms with van der Waals surface area (Å²) in [5, 5.41) is 0. The van der Waals surface area contributed by atoms with Gasteiger partial charge in [-0.2, -0.15) is 0 Å². The number of hydrazine groups is 1. The SMILES string of the molecule is COC1(c2nc3c(c(NN)n2)CCCC3)CCC(C)CC1. The first-order valence-corrected chi connectivity index (χ1v) is 8.10. The summed E-state index contributed by atoms with van der Waals surface area (Å²) in [6.07, 6.45) is 8.75. The summed E-state index contributed by atoms with van der Waals surface area (Å²) in [6.45, 7) is 2.31. The van der Waals surface area contributed by atoms with Crippen molar-refractivity contribution < 1.29 is 4.74 Å². The lowest BCUT2D eigenvalue weighted by atomic mass is 9.78. The Morgan fingerprint density at radius 1 is 1.19 bits per heavy atom. The lowest BCUT2D eigenvalue weighted by molar-refractivity contribution is -0.0598. The smallest absolute Gasteiger partial charge is 0.162 e. The van der Waals surface area contributed by atoms with E-state index in [0.717, 1.165) is 48.9 Å². The third kappa shape index (κ3) is 2.64. The highest BCUT2D eigenvalue weighted by Gasteiger charge is 2.39. The quantitative estimate of drug-likeness (QED) is 0.661. The number of rotatable bonds is 3. The highest BCUT2D eigenvalue weighted by Crippen LogP contribution is 2.41. The number of fused-ring (bicyclic) bond motifs is 1. The van der Waals surface area contributed by atoms with Crippen LogP contribution >= 0.6 is 0 Å². The molecule has 0 aliphatic heterocycles. The summed E-state index contributed by atoms with van der Waals surface area (Å²) < 4.78 is 5.91. The molecule has 0 spiro atoms. The van der Waals surface area contributed by atoms with E-state index in [1.54, 1.807) is 7.11 Å². The first-order chi connectivity index (χ1) is 10.2. The molecule has 1 saturated carbocycles. The van der Waals surface area contributed by atoms with E-state index in [4.69, 9.17) is 20.5 Å². The molecule has 1 heterocycles. The Balaban J connectivity index is 2.00. The minimum atomic E-state index is -0.329. The maximum Gasteiger partial charge on any atom is 0.162 e. The minimum Gasteiger partial charge on any atom is -0.370 e. The van der Waals surface area contributed by atoms with Gasteiger partial charge >= 0.3 is 0 Å². The van der Waals surface area contributed by atoms with Crippen LogP contribution in [0.3, 0.4) is 0 Å². The van der Waals surface area contributed by atoms with Crippen LogP contribution in [0.1, 0.15) is 62.5 Å². The zero-order chi connectivity index (χ0) is 14.9. The number of ether oxygens (including phenoxy) is 1. The topological polar surface area (TPSA) is 73.1 Å². The summed E-state index contributed by atoms with van der Waals surface area (Å²) >= 11 is 0. The lowest BCUT2D eigenvalue weighted by Gasteiger charge is -2.37. The largest absolute Gasteiger partial charge is 0.370 e. The van der Waals surface area contributed by atoms with Crippen molar-refractivity contribution >= 4 is 5.82 Å². The third-order valence-electron chi connectivity index (χ3n) is 5.20. The molecule has 21 heavy (non-hydrogen) atoms. The van der Waals surface area contributed by atoms with Crippen molar-refractivity contribution in [2.75, 3.05) is 12.5 Å². The second-order valence-corrected chi connectivity index (χ2v) is 6.55. The van der Waals surface area contributed by atoms with Gasteiger partial charge in [-0.25, -0.2) is 15.8 Å². The Kier molecular flexibility index (Phi) is 4.13. The standard InChI is InChI=1S/C16H26N4O/c1-11-7-9-16(21-2,10-8-11)15-18-13-6-4-3-5-12(13)14(19-15)20-17/h11H,3-10,17H2,1-2H3,(H,18,19,20). The van der Waals surface area contributed by atoms with Crippen LogP contribution in [0.25, 0.3) is 0 Å². The Labute approximate surface area is 126 Å². The van der Waals surface area contributed by atoms with Crippen molar-refractivity contribution in [3.05, 3.63) is 17.1 Å². The molecule has 5 heteroatoms. The number of nitrogen functional groups attached to an aromatic ring is 1. The van der Waals surface area contributed by atoms with Crippen molar-refractivity contribution in [3.63, 3.8) is 0 Å². The van der Waals surface area contributed by atoms with Gasteiger partial charge in [-0.3, -0.25) is 0 Å². The molecule has 3 rings (SSSR count). The van der Waals surface area contributed by atoms with Crippen molar-refractivity contribution in [1.82, 2.24) is 9.97 Å². The fraction of sp³-hybridized carbons (Fsp3) is 0.750. The molecule has 0 unspecified atom stereocenters. The Hall–Kier alpha value is -1.20. The van der Waals surface area contributed by atoms with E-state index in [-0.39, 0.29) is 5.60 Å². The molecule has 0 aromatic carbocycles. The van der Waals surface area contributed by atoms with Crippen LogP contribution in [-0.2, 0) is 23.2 Å². The predicted molar refractivity (Wildman–Crippen MR) is 82.8 cm³/mol. The van der Waals surface area contributed by atoms with E-state index in [9.17, 15) is 0 Å². The van der Waals surface area contributed by atoms with Gasteiger partial charge in [-0.15, -0.1) is 0 Å². The van der Waals surface area contributed by atoms with Crippen LogP contribution in [0, 0.1) is 5.92 Å². The van der Waals surface area contributed by atoms with Gasteiger partial charge in [0.25, 0.3) is 0 Å². The molecule has 1 aromatic heterocycles. The van der Waals surface area contributed by atoms with Gasteiger partial charge in [0, 0.05) is 18.4 Å². The molecule has 0 radical (unpaired) electrons. The number of nitrogens with zero attached hydrogens (tertiary/aromatic N) is 2. The molecule has 116 valence electrons. The van der Waals surface area contributed by atoms with Crippen LogP contribution in [-0.4, -0.2) is 17.1 Å². The van der Waals surface area contributed by atoms with E-state index < -0.39 is 0 Å². The number of aromatic nitrogens is 2. The van der Waals surface area contributed by atoms with Gasteiger partial charge in [0.15, 0.2) is 5.82 Å². The van der Waals surface area contributed by atoms with Crippen molar-refractivity contribution in [2.24, 2.45) is 11.8 Å². The monoisotopic (exact) mass is 290 g/mol. The maximum atomic E-state index is 5.91. The van der Waals surface area contributed by atoms with E-state index in [0.29, 0.717) is 0 Å². The Morgan fingerprint density at radius 3 is 2.57 bits per heavy atom. The summed E-state index contributed by atoms with van der Waals surface area (Å²) in [7, 11) is 1.79. The van der Waals surface area contributed by atoms with Gasteiger partial charge in [0.1, 0.15) is 11.4 Å². The number of anilines is 1. The number of hydrogen-bond acceptors (Lipinski definition) is 5. The van der Waals surface area contributed by atoms with Crippen LogP contribution in [0.4, 0.5) is 5.82 Å². The second-order valence-electron chi connectivity index (χ2n) is 6.55. The van der Waals surface area contributed by atoms with Crippen molar-refractivity contribution in [1.29, 1.82) is 0 Å². The molecule has 1 aromatic rings. The summed E-state index contributed by atoms with van der Waals surface area (Å²) in [6, 6.07) is 0. The van der Waals surface area contributed by atoms with Gasteiger partial charge < -0.3 is 10.2 Å². The Morgan fingerprint density at radius 2 is 1.90 bits per heavy atom. The van der Waals surface area contributed by atoms with E-state index in [1.807, 2.05) is 0 Å². The fourth-order valence-corrected chi connectivity index (χ4v) is 3.66. The second kappa shape index (κ2) is 5.89. The maximum absolute atomic E-state index is 5.91. The lowest BCUT2D eigenvalue weighted by Crippen LogP contribution is -2.36. The predicted octanol–water partition coefficient (Wildman–Crippen LogP) is 2.69. The average molecular weight is 290 g/mol. The van der Waals surface area contributed by atoms with Crippen LogP contribution < -0.4 is 11.3 Å². The minimum absolute atomic E-state index is 0.329. The van der Waals surface area contributed by atoms with Crippen molar-refractivity contribution in [2.45, 2.75) is 63.9 Å². The van der Waals surface area contributed by atoms with Gasteiger partial charge in [-0.1, -0.05) is 6.92 Å². The van der Waals surface area contributed by atoms with Crippen LogP contribution in [0.5, 0.6) is 0 Å².